The summed E-state index contributed by atoms with van der Waals surface area (Å²) in [7, 11) is 0. The summed E-state index contributed by atoms with van der Waals surface area (Å²) < 4.78 is 75.7. The first-order valence-electron chi connectivity index (χ1n) is 5.82. The molecule has 2 atom stereocenters. The molecule has 0 fully saturated rings. The van der Waals surface area contributed by atoms with Crippen molar-refractivity contribution in [2.45, 2.75) is 33.1 Å². The van der Waals surface area contributed by atoms with Gasteiger partial charge in [-0.3, -0.25) is 4.79 Å². The fraction of sp³-hybridized carbons (Fsp3) is 0.417. The lowest BCUT2D eigenvalue weighted by Crippen LogP contribution is -2.41. The normalized spacial score (nSPS) is 22.3. The van der Waals surface area contributed by atoms with Crippen LogP contribution < -0.4 is 0 Å². The molecule has 2 unspecified atom stereocenters. The molecule has 0 radical (unpaired) electrons. The third-order valence-corrected chi connectivity index (χ3v) is 5.19. The summed E-state index contributed by atoms with van der Waals surface area (Å²) in [5.74, 6) is -3.34. The summed E-state index contributed by atoms with van der Waals surface area (Å²) in [4.78, 5) is 11.0. The van der Waals surface area contributed by atoms with Crippen LogP contribution in [0.5, 0.6) is 0 Å². The molecule has 22 heavy (non-hydrogen) atoms. The molecule has 122 valence electrons. The van der Waals surface area contributed by atoms with E-state index in [4.69, 9.17) is 5.11 Å². The van der Waals surface area contributed by atoms with E-state index >= 15 is 0 Å². The van der Waals surface area contributed by atoms with Crippen molar-refractivity contribution >= 4 is 29.5 Å². The van der Waals surface area contributed by atoms with Crippen LogP contribution in [-0.4, -0.2) is 28.0 Å². The molecule has 0 spiro atoms. The van der Waals surface area contributed by atoms with E-state index in [0.717, 1.165) is 12.1 Å². The molecule has 10 heteroatoms. The summed E-state index contributed by atoms with van der Waals surface area (Å²) in [6, 6.07) is 3.35. The predicted octanol–water partition coefficient (Wildman–Crippen LogP) is 4.58. The molecule has 0 saturated heterocycles. The molecular formula is C12H8F6O2S2. The minimum atomic E-state index is -4.70. The molecule has 1 aliphatic heterocycles. The van der Waals surface area contributed by atoms with Crippen LogP contribution >= 0.6 is 23.5 Å². The number of alkyl halides is 6. The van der Waals surface area contributed by atoms with Crippen LogP contribution in [0.1, 0.15) is 5.56 Å². The van der Waals surface area contributed by atoms with Gasteiger partial charge in [0.05, 0.1) is 5.92 Å². The van der Waals surface area contributed by atoms with Gasteiger partial charge in [-0.05, 0) is 41.9 Å². The Bertz CT molecular complexity index is 584. The lowest BCUT2D eigenvalue weighted by atomic mass is 9.95. The van der Waals surface area contributed by atoms with Crippen LogP contribution in [0.2, 0.25) is 0 Å². The highest BCUT2D eigenvalue weighted by molar-refractivity contribution is 8.00. The molecule has 2 rings (SSSR count). The lowest BCUT2D eigenvalue weighted by molar-refractivity contribution is -0.160. The third-order valence-electron chi connectivity index (χ3n) is 2.96. The van der Waals surface area contributed by atoms with Gasteiger partial charge in [-0.25, -0.2) is 0 Å². The van der Waals surface area contributed by atoms with Crippen LogP contribution in [0.25, 0.3) is 0 Å². The Balaban J connectivity index is 2.33. The van der Waals surface area contributed by atoms with Gasteiger partial charge < -0.3 is 5.11 Å². The second-order valence-electron chi connectivity index (χ2n) is 4.55. The Morgan fingerprint density at radius 1 is 1.23 bits per heavy atom. The highest BCUT2D eigenvalue weighted by Gasteiger charge is 2.50. The minimum absolute atomic E-state index is 0.159. The largest absolute Gasteiger partial charge is 0.481 e. The van der Waals surface area contributed by atoms with Gasteiger partial charge in [0.15, 0.2) is 0 Å². The number of hydrogen-bond acceptors (Lipinski definition) is 3. The van der Waals surface area contributed by atoms with Crippen molar-refractivity contribution in [1.29, 1.82) is 0 Å². The average Bonchev–Trinajstić information content (AvgIpc) is 2.33. The molecule has 1 N–H and O–H groups in total. The minimum Gasteiger partial charge on any atom is -0.481 e. The fourth-order valence-electron chi connectivity index (χ4n) is 2.10. The van der Waals surface area contributed by atoms with E-state index in [1.165, 1.54) is 6.07 Å². The Hall–Kier alpha value is -1.03. The van der Waals surface area contributed by atoms with E-state index in [-0.39, 0.29) is 27.1 Å². The Morgan fingerprint density at radius 2 is 1.86 bits per heavy atom. The number of thioether (sulfide) groups is 2. The molecular weight excluding hydrogens is 354 g/mol. The van der Waals surface area contributed by atoms with Crippen molar-refractivity contribution in [2.24, 2.45) is 5.92 Å². The zero-order valence-corrected chi connectivity index (χ0v) is 12.2. The number of benzene rings is 1. The van der Waals surface area contributed by atoms with Crippen molar-refractivity contribution in [3.05, 3.63) is 23.8 Å². The summed E-state index contributed by atoms with van der Waals surface area (Å²) in [6.45, 7) is 0. The monoisotopic (exact) mass is 362 g/mol. The molecule has 0 bridgehead atoms. The predicted molar refractivity (Wildman–Crippen MR) is 68.9 cm³/mol. The van der Waals surface area contributed by atoms with Crippen molar-refractivity contribution < 1.29 is 36.2 Å². The molecule has 1 heterocycles. The number of carboxylic acids is 1. The molecule has 0 aromatic heterocycles. The van der Waals surface area contributed by atoms with Crippen LogP contribution in [0.3, 0.4) is 0 Å². The Morgan fingerprint density at radius 3 is 2.36 bits per heavy atom. The van der Waals surface area contributed by atoms with Gasteiger partial charge in [0.2, 0.25) is 0 Å². The average molecular weight is 362 g/mol. The van der Waals surface area contributed by atoms with Crippen molar-refractivity contribution in [3.8, 4) is 0 Å². The highest BCUT2D eigenvalue weighted by atomic mass is 32.2. The number of carboxylic acid groups (broad SMARTS) is 1. The van der Waals surface area contributed by atoms with Gasteiger partial charge >= 0.3 is 17.7 Å². The zero-order chi connectivity index (χ0) is 16.7. The number of fused-ring (bicyclic) bond motifs is 1. The van der Waals surface area contributed by atoms with E-state index in [1.807, 2.05) is 0 Å². The Labute approximate surface area is 129 Å². The van der Waals surface area contributed by atoms with Crippen LogP contribution in [0, 0.1) is 5.92 Å². The van der Waals surface area contributed by atoms with Crippen molar-refractivity contribution in [2.75, 3.05) is 0 Å². The molecule has 0 saturated carbocycles. The molecule has 0 amide bonds. The fourth-order valence-corrected chi connectivity index (χ4v) is 3.93. The second kappa shape index (κ2) is 5.88. The first-order valence-corrected chi connectivity index (χ1v) is 7.52. The molecule has 2 nitrogen and oxygen atoms in total. The summed E-state index contributed by atoms with van der Waals surface area (Å²) in [6.07, 6.45) is -5.15. The quantitative estimate of drug-likeness (QED) is 0.617. The number of hydrogen-bond donors (Lipinski definition) is 1. The maximum absolute atomic E-state index is 12.9. The number of carbonyl (C=O) groups is 1. The van der Waals surface area contributed by atoms with Gasteiger partial charge in [-0.2, -0.15) is 26.3 Å². The van der Waals surface area contributed by atoms with Gasteiger partial charge in [-0.1, -0.05) is 0 Å². The van der Waals surface area contributed by atoms with Crippen LogP contribution in [0.4, 0.5) is 26.3 Å². The van der Waals surface area contributed by atoms with Gasteiger partial charge in [-0.15, -0.1) is 11.8 Å². The van der Waals surface area contributed by atoms with Gasteiger partial charge in [0.25, 0.3) is 0 Å². The molecule has 1 aromatic rings. The number of halogens is 6. The number of aliphatic carboxylic acids is 1. The maximum atomic E-state index is 12.9. The van der Waals surface area contributed by atoms with E-state index in [0.29, 0.717) is 11.8 Å². The van der Waals surface area contributed by atoms with E-state index < -0.39 is 35.2 Å². The third kappa shape index (κ3) is 4.03. The first-order chi connectivity index (χ1) is 9.97. The lowest BCUT2D eigenvalue weighted by Gasteiger charge is -2.31. The van der Waals surface area contributed by atoms with Crippen molar-refractivity contribution in [1.82, 2.24) is 0 Å². The summed E-state index contributed by atoms with van der Waals surface area (Å²) in [5.41, 5.74) is -4.33. The zero-order valence-electron chi connectivity index (χ0n) is 10.5. The van der Waals surface area contributed by atoms with Gasteiger partial charge in [0, 0.05) is 9.79 Å². The van der Waals surface area contributed by atoms with E-state index in [1.54, 1.807) is 0 Å². The first kappa shape index (κ1) is 17.3. The van der Waals surface area contributed by atoms with E-state index in [2.05, 4.69) is 0 Å². The molecule has 1 aromatic carbocycles. The summed E-state index contributed by atoms with van der Waals surface area (Å²) in [5, 5.41) is 6.84. The molecule has 1 aliphatic rings. The topological polar surface area (TPSA) is 37.3 Å². The summed E-state index contributed by atoms with van der Waals surface area (Å²) >= 11 is -0.0587. The van der Waals surface area contributed by atoms with Crippen LogP contribution in [-0.2, 0) is 11.2 Å². The standard InChI is InChI=1S/C12H8F6O2S2/c13-11(14,15)9-7(10(19)20)4-5-3-6(22-12(16,17)18)1-2-8(5)21-9/h1-3,7,9H,4H2,(H,19,20). The SMILES string of the molecule is O=C(O)C1Cc2cc(SC(F)(F)F)ccc2SC1C(F)(F)F. The van der Waals surface area contributed by atoms with Gasteiger partial charge in [0.1, 0.15) is 5.25 Å². The second-order valence-corrected chi connectivity index (χ2v) is 6.87. The maximum Gasteiger partial charge on any atom is 0.446 e. The highest BCUT2D eigenvalue weighted by Crippen LogP contribution is 2.47. The van der Waals surface area contributed by atoms with Crippen LogP contribution in [0.15, 0.2) is 28.0 Å². The Kier molecular flexibility index (Phi) is 4.63. The molecule has 0 aliphatic carbocycles. The number of rotatable bonds is 2. The van der Waals surface area contributed by atoms with Crippen molar-refractivity contribution in [3.63, 3.8) is 0 Å². The smallest absolute Gasteiger partial charge is 0.446 e. The van der Waals surface area contributed by atoms with E-state index in [9.17, 15) is 31.1 Å².